The van der Waals surface area contributed by atoms with Crippen molar-refractivity contribution in [1.82, 2.24) is 5.48 Å². The second-order valence-corrected chi connectivity index (χ2v) is 3.31. The van der Waals surface area contributed by atoms with Crippen LogP contribution in [-0.2, 0) is 16.1 Å². The van der Waals surface area contributed by atoms with Crippen LogP contribution in [0.2, 0.25) is 0 Å². The summed E-state index contributed by atoms with van der Waals surface area (Å²) in [6.07, 6.45) is 0. The highest BCUT2D eigenvalue weighted by Gasteiger charge is 2.03. The van der Waals surface area contributed by atoms with Crippen molar-refractivity contribution in [3.05, 3.63) is 29.3 Å². The van der Waals surface area contributed by atoms with Crippen LogP contribution in [0.5, 0.6) is 5.75 Å². The number of hydrogen-bond acceptors (Lipinski definition) is 5. The van der Waals surface area contributed by atoms with Gasteiger partial charge in [0.15, 0.2) is 0 Å². The van der Waals surface area contributed by atoms with Crippen molar-refractivity contribution >= 4 is 0 Å². The largest absolute Gasteiger partial charge is 0.495 e. The van der Waals surface area contributed by atoms with E-state index in [1.54, 1.807) is 26.4 Å². The Kier molecular flexibility index (Phi) is 6.04. The fourth-order valence-corrected chi connectivity index (χ4v) is 1.28. The summed E-state index contributed by atoms with van der Waals surface area (Å²) in [4.78, 5) is 5.12. The first-order valence-corrected chi connectivity index (χ1v) is 5.22. The van der Waals surface area contributed by atoms with E-state index in [1.807, 2.05) is 6.07 Å². The van der Waals surface area contributed by atoms with Gasteiger partial charge in [0.25, 0.3) is 0 Å². The first kappa shape index (κ1) is 13.5. The van der Waals surface area contributed by atoms with Crippen LogP contribution >= 0.6 is 0 Å². The molecule has 0 unspecified atom stereocenters. The SMILES string of the molecule is COCCONCc1ccc(OC)c(C#N)c1. The molecule has 0 aliphatic rings. The summed E-state index contributed by atoms with van der Waals surface area (Å²) >= 11 is 0. The van der Waals surface area contributed by atoms with Crippen LogP contribution in [0, 0.1) is 11.3 Å². The fourth-order valence-electron chi connectivity index (χ4n) is 1.28. The van der Waals surface area contributed by atoms with Crippen LogP contribution in [0.4, 0.5) is 0 Å². The maximum absolute atomic E-state index is 8.92. The summed E-state index contributed by atoms with van der Waals surface area (Å²) < 4.78 is 9.89. The zero-order valence-corrected chi connectivity index (χ0v) is 10.0. The van der Waals surface area contributed by atoms with Crippen LogP contribution in [-0.4, -0.2) is 27.4 Å². The minimum atomic E-state index is 0.484. The average molecular weight is 236 g/mol. The van der Waals surface area contributed by atoms with E-state index in [9.17, 15) is 0 Å². The van der Waals surface area contributed by atoms with Crippen LogP contribution < -0.4 is 10.2 Å². The standard InChI is InChI=1S/C12H16N2O3/c1-15-5-6-17-14-9-10-3-4-12(16-2)11(7-10)8-13/h3-4,7,14H,5-6,9H2,1-2H3. The Balaban J connectivity index is 2.47. The molecule has 0 fully saturated rings. The predicted octanol–water partition coefficient (Wildman–Crippen LogP) is 1.23. The van der Waals surface area contributed by atoms with Gasteiger partial charge in [0.1, 0.15) is 11.8 Å². The number of nitrogens with zero attached hydrogens (tertiary/aromatic N) is 1. The summed E-state index contributed by atoms with van der Waals surface area (Å²) in [6.45, 7) is 1.55. The minimum Gasteiger partial charge on any atom is -0.495 e. The second-order valence-electron chi connectivity index (χ2n) is 3.31. The van der Waals surface area contributed by atoms with E-state index in [0.717, 1.165) is 5.56 Å². The highest BCUT2D eigenvalue weighted by Crippen LogP contribution is 2.18. The molecule has 0 saturated heterocycles. The van der Waals surface area contributed by atoms with Gasteiger partial charge in [-0.05, 0) is 17.7 Å². The molecule has 0 spiro atoms. The number of benzene rings is 1. The lowest BCUT2D eigenvalue weighted by molar-refractivity contribution is 0.00346. The predicted molar refractivity (Wildman–Crippen MR) is 62.4 cm³/mol. The molecule has 0 aliphatic heterocycles. The van der Waals surface area contributed by atoms with E-state index < -0.39 is 0 Å². The number of nitrogens with one attached hydrogen (secondary N) is 1. The molecular formula is C12H16N2O3. The Morgan fingerprint density at radius 2 is 2.12 bits per heavy atom. The van der Waals surface area contributed by atoms with Crippen molar-refractivity contribution in [3.8, 4) is 11.8 Å². The van der Waals surface area contributed by atoms with Gasteiger partial charge in [0, 0.05) is 13.7 Å². The molecule has 0 heterocycles. The Hall–Kier alpha value is -1.61. The van der Waals surface area contributed by atoms with Gasteiger partial charge in [0.2, 0.25) is 0 Å². The van der Waals surface area contributed by atoms with Crippen LogP contribution in [0.25, 0.3) is 0 Å². The Morgan fingerprint density at radius 1 is 1.29 bits per heavy atom. The maximum atomic E-state index is 8.92. The summed E-state index contributed by atoms with van der Waals surface area (Å²) in [5, 5.41) is 8.92. The Labute approximate surface area is 101 Å². The minimum absolute atomic E-state index is 0.484. The summed E-state index contributed by atoms with van der Waals surface area (Å²) in [5.74, 6) is 0.580. The molecule has 0 amide bonds. The van der Waals surface area contributed by atoms with Crippen molar-refractivity contribution in [2.24, 2.45) is 0 Å². The van der Waals surface area contributed by atoms with Crippen LogP contribution in [0.1, 0.15) is 11.1 Å². The summed E-state index contributed by atoms with van der Waals surface area (Å²) in [6, 6.07) is 7.50. The van der Waals surface area contributed by atoms with Gasteiger partial charge in [0.05, 0.1) is 25.9 Å². The smallest absolute Gasteiger partial charge is 0.136 e. The molecule has 5 nitrogen and oxygen atoms in total. The molecule has 0 bridgehead atoms. The monoisotopic (exact) mass is 236 g/mol. The third kappa shape index (κ3) is 4.41. The van der Waals surface area contributed by atoms with Crippen molar-refractivity contribution in [2.75, 3.05) is 27.4 Å². The maximum Gasteiger partial charge on any atom is 0.136 e. The molecule has 1 N–H and O–H groups in total. The second kappa shape index (κ2) is 7.63. The molecule has 0 saturated carbocycles. The molecule has 92 valence electrons. The zero-order chi connectivity index (χ0) is 12.5. The Bertz CT molecular complexity index is 388. The molecule has 1 rings (SSSR count). The molecule has 5 heteroatoms. The van der Waals surface area contributed by atoms with Gasteiger partial charge < -0.3 is 9.47 Å². The van der Waals surface area contributed by atoms with Gasteiger partial charge in [-0.15, -0.1) is 0 Å². The van der Waals surface area contributed by atoms with Crippen molar-refractivity contribution in [1.29, 1.82) is 5.26 Å². The number of hydroxylamine groups is 1. The lowest BCUT2D eigenvalue weighted by Crippen LogP contribution is -2.17. The number of rotatable bonds is 7. The van der Waals surface area contributed by atoms with Crippen LogP contribution in [0.3, 0.4) is 0 Å². The van der Waals surface area contributed by atoms with Crippen molar-refractivity contribution in [2.45, 2.75) is 6.54 Å². The molecule has 0 radical (unpaired) electrons. The Morgan fingerprint density at radius 3 is 2.76 bits per heavy atom. The fraction of sp³-hybridized carbons (Fsp3) is 0.417. The third-order valence-electron chi connectivity index (χ3n) is 2.15. The zero-order valence-electron chi connectivity index (χ0n) is 10.0. The number of methoxy groups -OCH3 is 2. The third-order valence-corrected chi connectivity index (χ3v) is 2.15. The van der Waals surface area contributed by atoms with E-state index >= 15 is 0 Å². The lowest BCUT2D eigenvalue weighted by Gasteiger charge is -2.07. The van der Waals surface area contributed by atoms with Gasteiger partial charge in [-0.2, -0.15) is 10.7 Å². The van der Waals surface area contributed by atoms with E-state index in [-0.39, 0.29) is 0 Å². The van der Waals surface area contributed by atoms with Crippen molar-refractivity contribution < 1.29 is 14.3 Å². The topological polar surface area (TPSA) is 63.5 Å². The molecule has 0 aromatic heterocycles. The van der Waals surface area contributed by atoms with Crippen molar-refractivity contribution in [3.63, 3.8) is 0 Å². The first-order chi connectivity index (χ1) is 8.31. The van der Waals surface area contributed by atoms with E-state index in [1.165, 1.54) is 0 Å². The molecule has 0 atom stereocenters. The van der Waals surface area contributed by atoms with Gasteiger partial charge in [-0.3, -0.25) is 4.84 Å². The highest BCUT2D eigenvalue weighted by atomic mass is 16.7. The van der Waals surface area contributed by atoms with Gasteiger partial charge in [-0.25, -0.2) is 0 Å². The van der Waals surface area contributed by atoms with Gasteiger partial charge in [-0.1, -0.05) is 6.07 Å². The number of hydrogen-bond donors (Lipinski definition) is 1. The van der Waals surface area contributed by atoms with Gasteiger partial charge >= 0.3 is 0 Å². The first-order valence-electron chi connectivity index (χ1n) is 5.22. The molecule has 0 aliphatic carbocycles. The molecule has 1 aromatic carbocycles. The molecule has 17 heavy (non-hydrogen) atoms. The summed E-state index contributed by atoms with van der Waals surface area (Å²) in [7, 11) is 3.16. The quantitative estimate of drug-likeness (QED) is 0.570. The van der Waals surface area contributed by atoms with Crippen LogP contribution in [0.15, 0.2) is 18.2 Å². The molecular weight excluding hydrogens is 220 g/mol. The lowest BCUT2D eigenvalue weighted by atomic mass is 10.1. The average Bonchev–Trinajstić information content (AvgIpc) is 2.38. The van der Waals surface area contributed by atoms with E-state index in [2.05, 4.69) is 11.5 Å². The number of nitriles is 1. The highest BCUT2D eigenvalue weighted by molar-refractivity contribution is 5.45. The van der Waals surface area contributed by atoms with E-state index in [0.29, 0.717) is 31.1 Å². The molecule has 1 aromatic rings. The normalized spacial score (nSPS) is 9.94. The summed E-state index contributed by atoms with van der Waals surface area (Å²) in [5.41, 5.74) is 4.27. The van der Waals surface area contributed by atoms with E-state index in [4.69, 9.17) is 19.6 Å². The number of ether oxygens (including phenoxy) is 2.